The normalized spacial score (nSPS) is 34.9. The largest absolute Gasteiger partial charge is 0.316 e. The molecule has 0 aliphatic carbocycles. The van der Waals surface area contributed by atoms with Gasteiger partial charge in [-0.2, -0.15) is 0 Å². The lowest BCUT2D eigenvalue weighted by Gasteiger charge is -2.27. The maximum atomic E-state index is 3.52. The van der Waals surface area contributed by atoms with E-state index in [1.54, 1.807) is 0 Å². The summed E-state index contributed by atoms with van der Waals surface area (Å²) in [5.41, 5.74) is 0. The molecule has 2 aliphatic heterocycles. The Morgan fingerprint density at radius 3 is 2.59 bits per heavy atom. The number of likely N-dealkylation sites (N-methyl/N-ethyl adjacent to an activating group) is 1. The van der Waals surface area contributed by atoms with Gasteiger partial charge in [0, 0.05) is 19.1 Å². The minimum atomic E-state index is 0.815. The molecule has 3 atom stereocenters. The van der Waals surface area contributed by atoms with Crippen LogP contribution in [-0.4, -0.2) is 61.7 Å². The Hall–Kier alpha value is -0.120. The zero-order chi connectivity index (χ0) is 12.3. The summed E-state index contributed by atoms with van der Waals surface area (Å²) in [5, 5.41) is 3.52. The number of hydrogen-bond donors (Lipinski definition) is 1. The van der Waals surface area contributed by atoms with Crippen LogP contribution in [0.3, 0.4) is 0 Å². The van der Waals surface area contributed by atoms with Gasteiger partial charge < -0.3 is 10.2 Å². The first-order valence-electron chi connectivity index (χ1n) is 7.41. The van der Waals surface area contributed by atoms with Crippen LogP contribution in [0.2, 0.25) is 0 Å². The molecule has 3 heteroatoms. The summed E-state index contributed by atoms with van der Waals surface area (Å²) in [4.78, 5) is 5.31. The second kappa shape index (κ2) is 6.17. The van der Waals surface area contributed by atoms with Crippen molar-refractivity contribution in [3.05, 3.63) is 0 Å². The third-order valence-electron chi connectivity index (χ3n) is 4.75. The average molecular weight is 239 g/mol. The molecule has 1 N–H and O–H groups in total. The monoisotopic (exact) mass is 239 g/mol. The van der Waals surface area contributed by atoms with Crippen molar-refractivity contribution in [2.24, 2.45) is 11.8 Å². The lowest BCUT2D eigenvalue weighted by Crippen LogP contribution is -2.38. The van der Waals surface area contributed by atoms with Gasteiger partial charge in [0.05, 0.1) is 0 Å². The van der Waals surface area contributed by atoms with Crippen LogP contribution in [0.4, 0.5) is 0 Å². The SMILES string of the molecule is CCN(CC)C1CCN(CC2CNCC2C)C1. The quantitative estimate of drug-likeness (QED) is 0.779. The Kier molecular flexibility index (Phi) is 4.83. The van der Waals surface area contributed by atoms with Gasteiger partial charge in [0.1, 0.15) is 0 Å². The van der Waals surface area contributed by atoms with Crippen LogP contribution in [0.1, 0.15) is 27.2 Å². The van der Waals surface area contributed by atoms with Crippen molar-refractivity contribution in [2.45, 2.75) is 33.2 Å². The van der Waals surface area contributed by atoms with Crippen LogP contribution in [-0.2, 0) is 0 Å². The van der Waals surface area contributed by atoms with E-state index in [9.17, 15) is 0 Å². The predicted octanol–water partition coefficient (Wildman–Crippen LogP) is 1.26. The van der Waals surface area contributed by atoms with Gasteiger partial charge in [-0.3, -0.25) is 4.90 Å². The van der Waals surface area contributed by atoms with Crippen LogP contribution in [0.25, 0.3) is 0 Å². The fraction of sp³-hybridized carbons (Fsp3) is 1.00. The van der Waals surface area contributed by atoms with Crippen molar-refractivity contribution in [3.8, 4) is 0 Å². The summed E-state index contributed by atoms with van der Waals surface area (Å²) < 4.78 is 0. The van der Waals surface area contributed by atoms with E-state index in [0.717, 1.165) is 17.9 Å². The number of nitrogens with zero attached hydrogens (tertiary/aromatic N) is 2. The Labute approximate surface area is 107 Å². The summed E-state index contributed by atoms with van der Waals surface area (Å²) >= 11 is 0. The lowest BCUT2D eigenvalue weighted by molar-refractivity contribution is 0.198. The summed E-state index contributed by atoms with van der Waals surface area (Å²) in [7, 11) is 0. The van der Waals surface area contributed by atoms with Gasteiger partial charge >= 0.3 is 0 Å². The molecule has 0 spiro atoms. The van der Waals surface area contributed by atoms with Gasteiger partial charge in [0.25, 0.3) is 0 Å². The highest BCUT2D eigenvalue weighted by molar-refractivity contribution is 4.87. The number of hydrogen-bond acceptors (Lipinski definition) is 3. The molecule has 2 rings (SSSR count). The van der Waals surface area contributed by atoms with Crippen molar-refractivity contribution in [3.63, 3.8) is 0 Å². The van der Waals surface area contributed by atoms with Gasteiger partial charge in [-0.15, -0.1) is 0 Å². The summed E-state index contributed by atoms with van der Waals surface area (Å²) in [6.07, 6.45) is 1.37. The van der Waals surface area contributed by atoms with Gasteiger partial charge in [-0.05, 0) is 51.0 Å². The first-order valence-corrected chi connectivity index (χ1v) is 7.41. The molecule has 3 nitrogen and oxygen atoms in total. The minimum Gasteiger partial charge on any atom is -0.316 e. The second-order valence-corrected chi connectivity index (χ2v) is 5.82. The van der Waals surface area contributed by atoms with E-state index < -0.39 is 0 Å². The van der Waals surface area contributed by atoms with E-state index in [4.69, 9.17) is 0 Å². The summed E-state index contributed by atoms with van der Waals surface area (Å²) in [6, 6.07) is 0.815. The lowest BCUT2D eigenvalue weighted by atomic mass is 9.98. The van der Waals surface area contributed by atoms with Crippen molar-refractivity contribution in [2.75, 3.05) is 45.8 Å². The molecule has 0 aromatic rings. The Morgan fingerprint density at radius 1 is 1.24 bits per heavy atom. The molecule has 2 aliphatic rings. The molecule has 0 aromatic carbocycles. The standard InChI is InChI=1S/C14H29N3/c1-4-17(5-2)14-6-7-16(11-14)10-13-9-15-8-12(13)3/h12-15H,4-11H2,1-3H3. The average Bonchev–Trinajstić information content (AvgIpc) is 2.92. The van der Waals surface area contributed by atoms with Crippen molar-refractivity contribution >= 4 is 0 Å². The Balaban J connectivity index is 1.77. The number of nitrogens with one attached hydrogen (secondary N) is 1. The van der Waals surface area contributed by atoms with Gasteiger partial charge in [-0.25, -0.2) is 0 Å². The molecule has 2 fully saturated rings. The highest BCUT2D eigenvalue weighted by Gasteiger charge is 2.30. The van der Waals surface area contributed by atoms with Crippen LogP contribution in [0.5, 0.6) is 0 Å². The van der Waals surface area contributed by atoms with Crippen LogP contribution >= 0.6 is 0 Å². The highest BCUT2D eigenvalue weighted by atomic mass is 15.2. The van der Waals surface area contributed by atoms with E-state index in [0.29, 0.717) is 0 Å². The molecule has 2 saturated heterocycles. The summed E-state index contributed by atoms with van der Waals surface area (Å²) in [5.74, 6) is 1.74. The summed E-state index contributed by atoms with van der Waals surface area (Å²) in [6.45, 7) is 15.7. The molecule has 0 amide bonds. The van der Waals surface area contributed by atoms with Crippen molar-refractivity contribution in [1.29, 1.82) is 0 Å². The van der Waals surface area contributed by atoms with E-state index in [2.05, 4.69) is 35.9 Å². The molecule has 17 heavy (non-hydrogen) atoms. The maximum absolute atomic E-state index is 3.52. The maximum Gasteiger partial charge on any atom is 0.0235 e. The van der Waals surface area contributed by atoms with Crippen molar-refractivity contribution < 1.29 is 0 Å². The van der Waals surface area contributed by atoms with E-state index >= 15 is 0 Å². The molecule has 0 aromatic heterocycles. The molecule has 3 unspecified atom stereocenters. The molecule has 0 saturated carbocycles. The Morgan fingerprint density at radius 2 is 2.00 bits per heavy atom. The van der Waals surface area contributed by atoms with Gasteiger partial charge in [0.2, 0.25) is 0 Å². The van der Waals surface area contributed by atoms with E-state index in [1.807, 2.05) is 0 Å². The third kappa shape index (κ3) is 3.21. The predicted molar refractivity (Wildman–Crippen MR) is 73.3 cm³/mol. The zero-order valence-corrected chi connectivity index (χ0v) is 11.8. The van der Waals surface area contributed by atoms with Crippen LogP contribution < -0.4 is 5.32 Å². The minimum absolute atomic E-state index is 0.815. The van der Waals surface area contributed by atoms with Crippen LogP contribution in [0.15, 0.2) is 0 Å². The van der Waals surface area contributed by atoms with Crippen molar-refractivity contribution in [1.82, 2.24) is 15.1 Å². The Bertz CT molecular complexity index is 228. The third-order valence-corrected chi connectivity index (χ3v) is 4.75. The zero-order valence-electron chi connectivity index (χ0n) is 11.8. The molecule has 0 radical (unpaired) electrons. The van der Waals surface area contributed by atoms with E-state index in [1.165, 1.54) is 52.2 Å². The topological polar surface area (TPSA) is 18.5 Å². The highest BCUT2D eigenvalue weighted by Crippen LogP contribution is 2.21. The number of rotatable bonds is 5. The first-order chi connectivity index (χ1) is 8.24. The van der Waals surface area contributed by atoms with Gasteiger partial charge in [-0.1, -0.05) is 20.8 Å². The first kappa shape index (κ1) is 13.3. The smallest absolute Gasteiger partial charge is 0.0235 e. The molecular weight excluding hydrogens is 210 g/mol. The molecular formula is C14H29N3. The molecule has 2 heterocycles. The van der Waals surface area contributed by atoms with E-state index in [-0.39, 0.29) is 0 Å². The molecule has 0 bridgehead atoms. The number of likely N-dealkylation sites (tertiary alicyclic amines) is 1. The second-order valence-electron chi connectivity index (χ2n) is 5.82. The fourth-order valence-corrected chi connectivity index (χ4v) is 3.46. The van der Waals surface area contributed by atoms with Gasteiger partial charge in [0.15, 0.2) is 0 Å². The van der Waals surface area contributed by atoms with Crippen LogP contribution in [0, 0.1) is 11.8 Å². The molecule has 100 valence electrons. The fourth-order valence-electron chi connectivity index (χ4n) is 3.46.